The molecule has 0 unspecified atom stereocenters. The molecule has 0 amide bonds. The Labute approximate surface area is 155 Å². The summed E-state index contributed by atoms with van der Waals surface area (Å²) in [6.45, 7) is 10.6. The molecule has 6 atom stereocenters. The number of morpholine rings is 1. The molecule has 2 aliphatic heterocycles. The van der Waals surface area contributed by atoms with Gasteiger partial charge in [0.2, 0.25) is 0 Å². The van der Waals surface area contributed by atoms with Crippen molar-refractivity contribution < 1.29 is 19.1 Å². The average Bonchev–Trinajstić information content (AvgIpc) is 2.86. The summed E-state index contributed by atoms with van der Waals surface area (Å²) in [5, 5.41) is 0. The summed E-state index contributed by atoms with van der Waals surface area (Å²) in [4.78, 5) is 27.3. The number of allylic oxidation sites excluding steroid dienone is 3. The monoisotopic (exact) mass is 359 g/mol. The van der Waals surface area contributed by atoms with Crippen LogP contribution in [-0.2, 0) is 19.1 Å². The first-order valence-electron chi connectivity index (χ1n) is 9.81. The van der Waals surface area contributed by atoms with E-state index in [0.717, 1.165) is 43.6 Å². The number of ketones is 1. The minimum absolute atomic E-state index is 0.0495. The van der Waals surface area contributed by atoms with Gasteiger partial charge >= 0.3 is 5.97 Å². The smallest absolute Gasteiger partial charge is 0.311 e. The van der Waals surface area contributed by atoms with Gasteiger partial charge in [-0.05, 0) is 45.3 Å². The molecule has 0 bridgehead atoms. The highest BCUT2D eigenvalue weighted by Gasteiger charge is 2.54. The van der Waals surface area contributed by atoms with Crippen molar-refractivity contribution in [3.8, 4) is 0 Å². The second kappa shape index (κ2) is 6.31. The Balaban J connectivity index is 1.57. The van der Waals surface area contributed by atoms with Crippen molar-refractivity contribution in [2.45, 2.75) is 58.8 Å². The molecule has 0 spiro atoms. The van der Waals surface area contributed by atoms with Crippen molar-refractivity contribution in [1.82, 2.24) is 4.90 Å². The maximum absolute atomic E-state index is 12.7. The fourth-order valence-corrected chi connectivity index (χ4v) is 5.49. The van der Waals surface area contributed by atoms with E-state index in [1.54, 1.807) is 6.08 Å². The lowest BCUT2D eigenvalue weighted by molar-refractivity contribution is -0.145. The van der Waals surface area contributed by atoms with Gasteiger partial charge in [0, 0.05) is 36.5 Å². The van der Waals surface area contributed by atoms with Crippen LogP contribution in [0.4, 0.5) is 0 Å². The van der Waals surface area contributed by atoms with Gasteiger partial charge in [0.1, 0.15) is 6.10 Å². The lowest BCUT2D eigenvalue weighted by atomic mass is 9.61. The van der Waals surface area contributed by atoms with Crippen LogP contribution in [0.3, 0.4) is 0 Å². The minimum atomic E-state index is -0.240. The molecule has 142 valence electrons. The fraction of sp³-hybridized carbons (Fsp3) is 0.714. The van der Waals surface area contributed by atoms with Gasteiger partial charge in [0.15, 0.2) is 5.78 Å². The zero-order valence-corrected chi connectivity index (χ0v) is 16.2. The van der Waals surface area contributed by atoms with Gasteiger partial charge in [-0.3, -0.25) is 14.5 Å². The van der Waals surface area contributed by atoms with Crippen LogP contribution < -0.4 is 0 Å². The summed E-state index contributed by atoms with van der Waals surface area (Å²) in [6.07, 6.45) is 5.76. The molecule has 5 heteroatoms. The zero-order valence-electron chi connectivity index (χ0n) is 16.2. The molecular weight excluding hydrogens is 330 g/mol. The van der Waals surface area contributed by atoms with Crippen LogP contribution in [0.25, 0.3) is 0 Å². The first-order valence-corrected chi connectivity index (χ1v) is 9.81. The summed E-state index contributed by atoms with van der Waals surface area (Å²) < 4.78 is 11.7. The van der Waals surface area contributed by atoms with E-state index in [0.29, 0.717) is 0 Å². The van der Waals surface area contributed by atoms with Crippen LogP contribution in [0.2, 0.25) is 0 Å². The predicted molar refractivity (Wildman–Crippen MR) is 97.5 cm³/mol. The molecule has 0 radical (unpaired) electrons. The third-order valence-corrected chi connectivity index (χ3v) is 6.67. The SMILES string of the molecule is CC1=C2[C@H]3OC(=O)[C@@H](CN4C[C@H](C)O[C@@H](C)C4)[C@@H]3CC[C@@]2(C)C=CC1=O. The predicted octanol–water partition coefficient (Wildman–Crippen LogP) is 2.51. The van der Waals surface area contributed by atoms with E-state index in [1.807, 2.05) is 13.0 Å². The number of esters is 1. The molecule has 26 heavy (non-hydrogen) atoms. The van der Waals surface area contributed by atoms with Gasteiger partial charge in [-0.15, -0.1) is 0 Å². The van der Waals surface area contributed by atoms with Crippen LogP contribution in [-0.4, -0.2) is 54.6 Å². The van der Waals surface area contributed by atoms with E-state index in [2.05, 4.69) is 25.7 Å². The zero-order chi connectivity index (χ0) is 18.6. The normalized spacial score (nSPS) is 43.3. The molecular formula is C21H29NO4. The lowest BCUT2D eigenvalue weighted by Crippen LogP contribution is -2.49. The highest BCUT2D eigenvalue weighted by atomic mass is 16.6. The minimum Gasteiger partial charge on any atom is -0.457 e. The molecule has 0 aromatic carbocycles. The second-order valence-electron chi connectivity index (χ2n) is 8.80. The molecule has 2 heterocycles. The summed E-state index contributed by atoms with van der Waals surface area (Å²) >= 11 is 0. The molecule has 0 aromatic heterocycles. The van der Waals surface area contributed by atoms with Gasteiger partial charge < -0.3 is 9.47 Å². The first kappa shape index (κ1) is 17.9. The number of rotatable bonds is 2. The summed E-state index contributed by atoms with van der Waals surface area (Å²) in [5.41, 5.74) is 1.66. The van der Waals surface area contributed by atoms with Gasteiger partial charge in [-0.2, -0.15) is 0 Å². The van der Waals surface area contributed by atoms with E-state index in [-0.39, 0.29) is 47.3 Å². The number of hydrogen-bond donors (Lipinski definition) is 0. The van der Waals surface area contributed by atoms with Gasteiger partial charge in [-0.25, -0.2) is 0 Å². The highest BCUT2D eigenvalue weighted by Crippen LogP contribution is 2.53. The Morgan fingerprint density at radius 1 is 1.23 bits per heavy atom. The van der Waals surface area contributed by atoms with E-state index in [9.17, 15) is 9.59 Å². The third-order valence-electron chi connectivity index (χ3n) is 6.67. The van der Waals surface area contributed by atoms with Gasteiger partial charge in [-0.1, -0.05) is 13.0 Å². The summed E-state index contributed by atoms with van der Waals surface area (Å²) in [6, 6.07) is 0. The largest absolute Gasteiger partial charge is 0.457 e. The molecule has 2 aliphatic carbocycles. The van der Waals surface area contributed by atoms with Crippen LogP contribution >= 0.6 is 0 Å². The Hall–Kier alpha value is -1.46. The van der Waals surface area contributed by atoms with Crippen LogP contribution in [0.15, 0.2) is 23.3 Å². The van der Waals surface area contributed by atoms with Crippen molar-refractivity contribution in [2.75, 3.05) is 19.6 Å². The standard InChI is InChI=1S/C21H29NO4/c1-12-9-22(10-13(2)25-12)11-16-15-5-7-21(4)8-6-17(23)14(3)18(21)19(15)26-20(16)24/h6,8,12-13,15-16,19H,5,7,9-11H2,1-4H3/t12-,13-,15-,16-,19-,21-/m0/s1. The summed E-state index contributed by atoms with van der Waals surface area (Å²) in [5.74, 6) is 0.0171. The van der Waals surface area contributed by atoms with Crippen LogP contribution in [0.1, 0.15) is 40.5 Å². The lowest BCUT2D eigenvalue weighted by Gasteiger charge is -2.43. The van der Waals surface area contributed by atoms with Crippen LogP contribution in [0, 0.1) is 17.3 Å². The van der Waals surface area contributed by atoms with Gasteiger partial charge in [0.05, 0.1) is 18.1 Å². The second-order valence-corrected chi connectivity index (χ2v) is 8.80. The number of hydrogen-bond acceptors (Lipinski definition) is 5. The number of carbonyl (C=O) groups is 2. The van der Waals surface area contributed by atoms with Crippen molar-refractivity contribution in [3.63, 3.8) is 0 Å². The van der Waals surface area contributed by atoms with E-state index < -0.39 is 0 Å². The fourth-order valence-electron chi connectivity index (χ4n) is 5.49. The Kier molecular flexibility index (Phi) is 4.35. The maximum Gasteiger partial charge on any atom is 0.311 e. The third kappa shape index (κ3) is 2.85. The number of carbonyl (C=O) groups excluding carboxylic acids is 2. The molecule has 0 aromatic rings. The van der Waals surface area contributed by atoms with Crippen molar-refractivity contribution in [1.29, 1.82) is 0 Å². The Morgan fingerprint density at radius 2 is 1.92 bits per heavy atom. The van der Waals surface area contributed by atoms with Crippen molar-refractivity contribution in [2.24, 2.45) is 17.3 Å². The van der Waals surface area contributed by atoms with Gasteiger partial charge in [0.25, 0.3) is 0 Å². The van der Waals surface area contributed by atoms with Crippen molar-refractivity contribution in [3.05, 3.63) is 23.3 Å². The Bertz CT molecular complexity index is 686. The molecule has 5 nitrogen and oxygen atoms in total. The quantitative estimate of drug-likeness (QED) is 0.709. The summed E-state index contributed by atoms with van der Waals surface area (Å²) in [7, 11) is 0. The molecule has 2 saturated heterocycles. The molecule has 4 aliphatic rings. The van der Waals surface area contributed by atoms with E-state index in [1.165, 1.54) is 0 Å². The number of ether oxygens (including phenoxy) is 2. The number of nitrogens with zero attached hydrogens (tertiary/aromatic N) is 1. The van der Waals surface area contributed by atoms with E-state index >= 15 is 0 Å². The molecule has 3 fully saturated rings. The van der Waals surface area contributed by atoms with Crippen molar-refractivity contribution >= 4 is 11.8 Å². The number of fused-ring (bicyclic) bond motifs is 3. The van der Waals surface area contributed by atoms with E-state index in [4.69, 9.17) is 9.47 Å². The molecule has 1 saturated carbocycles. The topological polar surface area (TPSA) is 55.8 Å². The Morgan fingerprint density at radius 3 is 2.62 bits per heavy atom. The molecule has 4 rings (SSSR count). The molecule has 0 N–H and O–H groups in total. The average molecular weight is 359 g/mol. The van der Waals surface area contributed by atoms with Crippen LogP contribution in [0.5, 0.6) is 0 Å². The maximum atomic E-state index is 12.7. The first-order chi connectivity index (χ1) is 12.3. The highest BCUT2D eigenvalue weighted by molar-refractivity contribution is 6.05.